The number of hydrogen-bond acceptors (Lipinski definition) is 0. The minimum Gasteiger partial charge on any atom is -0.317 e. The third-order valence-electron chi connectivity index (χ3n) is 6.08. The van der Waals surface area contributed by atoms with E-state index >= 15 is 0 Å². The van der Waals surface area contributed by atoms with E-state index in [1.54, 1.807) is 0 Å². The summed E-state index contributed by atoms with van der Waals surface area (Å²) in [6.45, 7) is 2.23. The maximum Gasteiger partial charge on any atom is 0.0528 e. The number of benzene rings is 4. The summed E-state index contributed by atoms with van der Waals surface area (Å²) in [5.74, 6) is 0. The first kappa shape index (κ1) is 16.4. The Morgan fingerprint density at radius 1 is 0.724 bits per heavy atom. The van der Waals surface area contributed by atoms with E-state index in [1.807, 2.05) is 0 Å². The summed E-state index contributed by atoms with van der Waals surface area (Å²) in [6, 6.07) is 30.8. The molecule has 1 aromatic heterocycles. The van der Waals surface area contributed by atoms with Gasteiger partial charge in [-0.1, -0.05) is 72.3 Å². The van der Waals surface area contributed by atoms with Crippen LogP contribution in [-0.2, 0) is 6.42 Å². The van der Waals surface area contributed by atoms with Crippen LogP contribution in [0.1, 0.15) is 18.1 Å². The van der Waals surface area contributed by atoms with Crippen molar-refractivity contribution in [1.82, 2.24) is 4.57 Å². The molecule has 4 aromatic carbocycles. The number of rotatable bonds is 2. The lowest BCUT2D eigenvalue weighted by Gasteiger charge is -2.16. The van der Waals surface area contributed by atoms with Crippen LogP contribution >= 0.6 is 0 Å². The van der Waals surface area contributed by atoms with Gasteiger partial charge in [0.25, 0.3) is 0 Å². The lowest BCUT2D eigenvalue weighted by Crippen LogP contribution is -1.97. The molecule has 0 saturated heterocycles. The summed E-state index contributed by atoms with van der Waals surface area (Å²) in [5, 5.41) is 3.88. The molecular formula is C28H21N. The van der Waals surface area contributed by atoms with Crippen molar-refractivity contribution in [2.75, 3.05) is 0 Å². The average Bonchev–Trinajstić information content (AvgIpc) is 3.35. The summed E-state index contributed by atoms with van der Waals surface area (Å²) in [6.07, 6.45) is 5.56. The van der Waals surface area contributed by atoms with Crippen molar-refractivity contribution in [3.8, 4) is 16.8 Å². The van der Waals surface area contributed by atoms with Crippen LogP contribution in [0.4, 0.5) is 0 Å². The van der Waals surface area contributed by atoms with Gasteiger partial charge in [0.1, 0.15) is 0 Å². The summed E-state index contributed by atoms with van der Waals surface area (Å²) in [5.41, 5.74) is 9.35. The fourth-order valence-electron chi connectivity index (χ4n) is 4.75. The zero-order chi connectivity index (χ0) is 19.4. The molecule has 1 heteroatoms. The predicted octanol–water partition coefficient (Wildman–Crippen LogP) is 7.41. The molecule has 0 bridgehead atoms. The van der Waals surface area contributed by atoms with Gasteiger partial charge in [0.15, 0.2) is 0 Å². The van der Waals surface area contributed by atoms with E-state index in [-0.39, 0.29) is 0 Å². The zero-order valence-electron chi connectivity index (χ0n) is 16.4. The summed E-state index contributed by atoms with van der Waals surface area (Å²) < 4.78 is 2.31. The van der Waals surface area contributed by atoms with E-state index in [9.17, 15) is 0 Å². The van der Waals surface area contributed by atoms with Crippen molar-refractivity contribution >= 4 is 27.8 Å². The van der Waals surface area contributed by atoms with Crippen LogP contribution in [0, 0.1) is 0 Å². The average molecular weight is 371 g/mol. The van der Waals surface area contributed by atoms with Gasteiger partial charge in [0.2, 0.25) is 0 Å². The molecule has 1 aliphatic rings. The van der Waals surface area contributed by atoms with Crippen molar-refractivity contribution in [2.45, 2.75) is 13.3 Å². The number of hydrogen-bond donors (Lipinski definition) is 0. The predicted molar refractivity (Wildman–Crippen MR) is 124 cm³/mol. The first-order chi connectivity index (χ1) is 14.3. The second-order valence-corrected chi connectivity index (χ2v) is 8.00. The highest BCUT2D eigenvalue weighted by Gasteiger charge is 2.19. The third kappa shape index (κ3) is 2.55. The SMILES string of the molecule is CC1=Cc2cc(-n3ccc4ccccc43)cc(-c3cccc4ccccc34)c2C1. The highest BCUT2D eigenvalue weighted by Crippen LogP contribution is 2.39. The molecule has 0 unspecified atom stereocenters. The van der Waals surface area contributed by atoms with Crippen molar-refractivity contribution < 1.29 is 0 Å². The highest BCUT2D eigenvalue weighted by atomic mass is 15.0. The van der Waals surface area contributed by atoms with Crippen LogP contribution in [0.25, 0.3) is 44.6 Å². The van der Waals surface area contributed by atoms with Crippen molar-refractivity contribution in [3.63, 3.8) is 0 Å². The minimum absolute atomic E-state index is 1.03. The quantitative estimate of drug-likeness (QED) is 0.304. The minimum atomic E-state index is 1.03. The van der Waals surface area contributed by atoms with Gasteiger partial charge in [-0.15, -0.1) is 0 Å². The molecule has 0 amide bonds. The molecule has 0 radical (unpaired) electrons. The van der Waals surface area contributed by atoms with E-state index in [4.69, 9.17) is 0 Å². The van der Waals surface area contributed by atoms with Gasteiger partial charge in [0, 0.05) is 11.9 Å². The number of allylic oxidation sites excluding steroid dienone is 1. The van der Waals surface area contributed by atoms with Crippen molar-refractivity contribution in [1.29, 1.82) is 0 Å². The summed E-state index contributed by atoms with van der Waals surface area (Å²) in [4.78, 5) is 0. The topological polar surface area (TPSA) is 4.93 Å². The summed E-state index contributed by atoms with van der Waals surface area (Å²) in [7, 11) is 0. The molecule has 5 aromatic rings. The van der Waals surface area contributed by atoms with Gasteiger partial charge in [-0.2, -0.15) is 0 Å². The molecule has 138 valence electrons. The van der Waals surface area contributed by atoms with Crippen LogP contribution in [0.5, 0.6) is 0 Å². The molecule has 0 spiro atoms. The molecule has 1 heterocycles. The second-order valence-electron chi connectivity index (χ2n) is 8.00. The third-order valence-corrected chi connectivity index (χ3v) is 6.08. The standard InChI is InChI=1S/C28H21N/c1-19-15-22-17-23(29-14-13-21-8-3-5-12-28(21)29)18-27(26(22)16-19)25-11-6-9-20-7-2-4-10-24(20)25/h2-15,17-18H,16H2,1H3. The fraction of sp³-hybridized carbons (Fsp3) is 0.0714. The van der Waals surface area contributed by atoms with Gasteiger partial charge in [0.05, 0.1) is 5.52 Å². The molecule has 0 saturated carbocycles. The lowest BCUT2D eigenvalue weighted by molar-refractivity contribution is 1.12. The van der Waals surface area contributed by atoms with Crippen molar-refractivity contribution in [2.24, 2.45) is 0 Å². The number of para-hydroxylation sites is 1. The number of nitrogens with zero attached hydrogens (tertiary/aromatic N) is 1. The van der Waals surface area contributed by atoms with E-state index in [2.05, 4.69) is 109 Å². The van der Waals surface area contributed by atoms with Gasteiger partial charge in [-0.3, -0.25) is 0 Å². The lowest BCUT2D eigenvalue weighted by atomic mass is 9.91. The molecule has 0 N–H and O–H groups in total. The maximum atomic E-state index is 2.37. The van der Waals surface area contributed by atoms with Gasteiger partial charge in [-0.25, -0.2) is 0 Å². The Bertz CT molecular complexity index is 1430. The van der Waals surface area contributed by atoms with Crippen LogP contribution in [-0.4, -0.2) is 4.57 Å². The Hall–Kier alpha value is -3.58. The van der Waals surface area contributed by atoms with E-state index in [1.165, 1.54) is 55.2 Å². The van der Waals surface area contributed by atoms with Gasteiger partial charge in [-0.05, 0) is 76.0 Å². The van der Waals surface area contributed by atoms with Crippen LogP contribution < -0.4 is 0 Å². The van der Waals surface area contributed by atoms with Crippen LogP contribution in [0.2, 0.25) is 0 Å². The molecule has 0 aliphatic heterocycles. The fourth-order valence-corrected chi connectivity index (χ4v) is 4.75. The zero-order valence-corrected chi connectivity index (χ0v) is 16.4. The molecule has 29 heavy (non-hydrogen) atoms. The molecule has 6 rings (SSSR count). The van der Waals surface area contributed by atoms with E-state index in [0.29, 0.717) is 0 Å². The molecule has 0 fully saturated rings. The first-order valence-electron chi connectivity index (χ1n) is 10.2. The molecule has 1 aliphatic carbocycles. The van der Waals surface area contributed by atoms with E-state index in [0.717, 1.165) is 6.42 Å². The number of fused-ring (bicyclic) bond motifs is 3. The Morgan fingerprint density at radius 2 is 1.52 bits per heavy atom. The largest absolute Gasteiger partial charge is 0.317 e. The molecule has 1 nitrogen and oxygen atoms in total. The molecule has 0 atom stereocenters. The van der Waals surface area contributed by atoms with E-state index < -0.39 is 0 Å². The smallest absolute Gasteiger partial charge is 0.0528 e. The normalized spacial score (nSPS) is 13.1. The highest BCUT2D eigenvalue weighted by molar-refractivity contribution is 5.99. The Labute approximate surface area is 170 Å². The number of aromatic nitrogens is 1. The van der Waals surface area contributed by atoms with Crippen LogP contribution in [0.3, 0.4) is 0 Å². The second kappa shape index (κ2) is 6.22. The van der Waals surface area contributed by atoms with Gasteiger partial charge >= 0.3 is 0 Å². The Kier molecular flexibility index (Phi) is 3.51. The monoisotopic (exact) mass is 371 g/mol. The summed E-state index contributed by atoms with van der Waals surface area (Å²) >= 11 is 0. The first-order valence-corrected chi connectivity index (χ1v) is 10.2. The Balaban J connectivity index is 1.66. The Morgan fingerprint density at radius 3 is 2.45 bits per heavy atom. The maximum absolute atomic E-state index is 2.37. The van der Waals surface area contributed by atoms with Crippen LogP contribution in [0.15, 0.2) is 96.7 Å². The molecular weight excluding hydrogens is 350 g/mol. The van der Waals surface area contributed by atoms with Gasteiger partial charge < -0.3 is 4.57 Å². The van der Waals surface area contributed by atoms with Crippen molar-refractivity contribution in [3.05, 3.63) is 108 Å².